The van der Waals surface area contributed by atoms with Gasteiger partial charge in [-0.2, -0.15) is 0 Å². The molecule has 0 saturated carbocycles. The molecule has 3 nitrogen and oxygen atoms in total. The summed E-state index contributed by atoms with van der Waals surface area (Å²) in [5.74, 6) is 0.752. The molecule has 158 valence electrons. The zero-order chi connectivity index (χ0) is 22.4. The molecule has 0 aliphatic carbocycles. The summed E-state index contributed by atoms with van der Waals surface area (Å²) in [5, 5.41) is 2.08. The number of carbonyl (C=O) groups excluding carboxylic acids is 1. The lowest BCUT2D eigenvalue weighted by Gasteiger charge is -2.18. The number of methoxy groups -OCH3 is 1. The molecule has 6 rings (SSSR count). The van der Waals surface area contributed by atoms with E-state index in [0.717, 1.165) is 55.7 Å². The Labute approximate surface area is 192 Å². The summed E-state index contributed by atoms with van der Waals surface area (Å²) >= 11 is 0. The standard InChI is InChI=1S/C30H21NO2/c1-33-23-17-15-22(16-18-23)31-27-14-8-13-24-28(21-11-6-3-7-12-21)25(20-9-4-2-5-10-20)19-26(29(24)27)30(31)32/h2-19H,1H3. The number of carbonyl (C=O) groups is 1. The van der Waals surface area contributed by atoms with Gasteiger partial charge in [-0.3, -0.25) is 9.69 Å². The number of ether oxygens (including phenoxy) is 1. The van der Waals surface area contributed by atoms with Crippen molar-refractivity contribution in [2.75, 3.05) is 12.0 Å². The Bertz CT molecular complexity index is 1490. The quantitative estimate of drug-likeness (QED) is 0.298. The van der Waals surface area contributed by atoms with Gasteiger partial charge in [0.1, 0.15) is 5.75 Å². The van der Waals surface area contributed by atoms with Crippen molar-refractivity contribution >= 4 is 28.1 Å². The number of benzene rings is 5. The Kier molecular flexibility index (Phi) is 4.48. The predicted octanol–water partition coefficient (Wildman–Crippen LogP) is 7.47. The van der Waals surface area contributed by atoms with E-state index in [9.17, 15) is 4.79 Å². The van der Waals surface area contributed by atoms with Crippen molar-refractivity contribution in [1.82, 2.24) is 0 Å². The highest BCUT2D eigenvalue weighted by atomic mass is 16.5. The number of anilines is 2. The van der Waals surface area contributed by atoms with Crippen molar-refractivity contribution in [3.63, 3.8) is 0 Å². The van der Waals surface area contributed by atoms with Gasteiger partial charge in [-0.05, 0) is 64.0 Å². The summed E-state index contributed by atoms with van der Waals surface area (Å²) < 4.78 is 5.30. The highest BCUT2D eigenvalue weighted by Gasteiger charge is 2.33. The van der Waals surface area contributed by atoms with Gasteiger partial charge in [0, 0.05) is 11.1 Å². The van der Waals surface area contributed by atoms with E-state index in [0.29, 0.717) is 0 Å². The monoisotopic (exact) mass is 427 g/mol. The van der Waals surface area contributed by atoms with Gasteiger partial charge in [0.15, 0.2) is 0 Å². The highest BCUT2D eigenvalue weighted by Crippen LogP contribution is 2.48. The molecule has 3 heteroatoms. The lowest BCUT2D eigenvalue weighted by atomic mass is 9.87. The molecule has 0 spiro atoms. The normalized spacial score (nSPS) is 12.4. The smallest absolute Gasteiger partial charge is 0.263 e. The summed E-state index contributed by atoms with van der Waals surface area (Å²) in [7, 11) is 1.64. The molecule has 0 fully saturated rings. The number of hydrogen-bond donors (Lipinski definition) is 0. The molecule has 0 atom stereocenters. The minimum absolute atomic E-state index is 0.0110. The number of amides is 1. The molecule has 0 unspecified atom stereocenters. The SMILES string of the molecule is COc1ccc(N2C(=O)c3cc(-c4ccccc4)c(-c4ccccc4)c4cccc2c34)cc1. The molecule has 0 radical (unpaired) electrons. The summed E-state index contributed by atoms with van der Waals surface area (Å²) in [6.07, 6.45) is 0. The van der Waals surface area contributed by atoms with Gasteiger partial charge in [-0.15, -0.1) is 0 Å². The van der Waals surface area contributed by atoms with E-state index in [4.69, 9.17) is 4.74 Å². The first-order chi connectivity index (χ1) is 16.3. The minimum atomic E-state index is -0.0110. The number of hydrogen-bond acceptors (Lipinski definition) is 2. The average Bonchev–Trinajstić information content (AvgIpc) is 3.17. The Hall–Kier alpha value is -4.37. The molecule has 1 aliphatic heterocycles. The van der Waals surface area contributed by atoms with Crippen LogP contribution < -0.4 is 9.64 Å². The van der Waals surface area contributed by atoms with E-state index in [1.165, 1.54) is 0 Å². The van der Waals surface area contributed by atoms with Crippen molar-refractivity contribution < 1.29 is 9.53 Å². The minimum Gasteiger partial charge on any atom is -0.497 e. The summed E-state index contributed by atoms with van der Waals surface area (Å²) in [5.41, 5.74) is 6.90. The maximum Gasteiger partial charge on any atom is 0.263 e. The van der Waals surface area contributed by atoms with Gasteiger partial charge in [0.25, 0.3) is 5.91 Å². The van der Waals surface area contributed by atoms with Gasteiger partial charge >= 0.3 is 0 Å². The Morgan fingerprint density at radius 2 is 1.33 bits per heavy atom. The molecule has 5 aromatic carbocycles. The largest absolute Gasteiger partial charge is 0.497 e. The van der Waals surface area contributed by atoms with E-state index in [-0.39, 0.29) is 5.91 Å². The molecule has 33 heavy (non-hydrogen) atoms. The van der Waals surface area contributed by atoms with Crippen LogP contribution in [0.5, 0.6) is 5.75 Å². The maximum absolute atomic E-state index is 13.8. The Morgan fingerprint density at radius 1 is 0.667 bits per heavy atom. The molecule has 0 N–H and O–H groups in total. The highest BCUT2D eigenvalue weighted by molar-refractivity contribution is 6.30. The van der Waals surface area contributed by atoms with Crippen LogP contribution in [-0.4, -0.2) is 13.0 Å². The van der Waals surface area contributed by atoms with Crippen molar-refractivity contribution in [2.45, 2.75) is 0 Å². The second-order valence-electron chi connectivity index (χ2n) is 8.12. The summed E-state index contributed by atoms with van der Waals surface area (Å²) in [6, 6.07) is 36.6. The van der Waals surface area contributed by atoms with E-state index >= 15 is 0 Å². The van der Waals surface area contributed by atoms with Crippen LogP contribution in [0, 0.1) is 0 Å². The number of nitrogens with zero attached hydrogens (tertiary/aromatic N) is 1. The third kappa shape index (κ3) is 3.01. The third-order valence-electron chi connectivity index (χ3n) is 6.29. The van der Waals surface area contributed by atoms with Crippen LogP contribution in [0.15, 0.2) is 109 Å². The van der Waals surface area contributed by atoms with Crippen LogP contribution in [-0.2, 0) is 0 Å². The maximum atomic E-state index is 13.8. The summed E-state index contributed by atoms with van der Waals surface area (Å²) in [4.78, 5) is 15.6. The van der Waals surface area contributed by atoms with Crippen LogP contribution in [0.4, 0.5) is 11.4 Å². The molecule has 1 amide bonds. The molecule has 0 aromatic heterocycles. The van der Waals surface area contributed by atoms with Gasteiger partial charge in [0.2, 0.25) is 0 Å². The average molecular weight is 428 g/mol. The second-order valence-corrected chi connectivity index (χ2v) is 8.12. The molecule has 0 saturated heterocycles. The second kappa shape index (κ2) is 7.64. The zero-order valence-corrected chi connectivity index (χ0v) is 18.2. The van der Waals surface area contributed by atoms with Crippen LogP contribution in [0.2, 0.25) is 0 Å². The summed E-state index contributed by atoms with van der Waals surface area (Å²) in [6.45, 7) is 0. The molecular formula is C30H21NO2. The van der Waals surface area contributed by atoms with Gasteiger partial charge < -0.3 is 4.74 Å². The number of rotatable bonds is 4. The van der Waals surface area contributed by atoms with E-state index < -0.39 is 0 Å². The van der Waals surface area contributed by atoms with E-state index in [1.54, 1.807) is 12.0 Å². The Morgan fingerprint density at radius 3 is 2.00 bits per heavy atom. The first kappa shape index (κ1) is 19.3. The van der Waals surface area contributed by atoms with Crippen molar-refractivity contribution in [1.29, 1.82) is 0 Å². The van der Waals surface area contributed by atoms with Crippen LogP contribution in [0.3, 0.4) is 0 Å². The van der Waals surface area contributed by atoms with Gasteiger partial charge in [0.05, 0.1) is 18.4 Å². The first-order valence-electron chi connectivity index (χ1n) is 11.0. The fraction of sp³-hybridized carbons (Fsp3) is 0.0333. The zero-order valence-electron chi connectivity index (χ0n) is 18.2. The van der Waals surface area contributed by atoms with E-state index in [2.05, 4.69) is 48.5 Å². The molecule has 0 bridgehead atoms. The lowest BCUT2D eigenvalue weighted by molar-refractivity contribution is 0.100. The van der Waals surface area contributed by atoms with Crippen molar-refractivity contribution in [3.8, 4) is 28.0 Å². The fourth-order valence-corrected chi connectivity index (χ4v) is 4.80. The van der Waals surface area contributed by atoms with E-state index in [1.807, 2.05) is 60.7 Å². The van der Waals surface area contributed by atoms with Crippen molar-refractivity contribution in [3.05, 3.63) is 115 Å². The third-order valence-corrected chi connectivity index (χ3v) is 6.29. The van der Waals surface area contributed by atoms with Gasteiger partial charge in [-0.25, -0.2) is 0 Å². The van der Waals surface area contributed by atoms with Crippen LogP contribution >= 0.6 is 0 Å². The topological polar surface area (TPSA) is 29.5 Å². The van der Waals surface area contributed by atoms with Crippen molar-refractivity contribution in [2.24, 2.45) is 0 Å². The molecule has 1 aliphatic rings. The van der Waals surface area contributed by atoms with Gasteiger partial charge in [-0.1, -0.05) is 72.8 Å². The predicted molar refractivity (Wildman–Crippen MR) is 134 cm³/mol. The Balaban J connectivity index is 1.66. The fourth-order valence-electron chi connectivity index (χ4n) is 4.80. The van der Waals surface area contributed by atoms with Crippen LogP contribution in [0.1, 0.15) is 10.4 Å². The van der Waals surface area contributed by atoms with Crippen LogP contribution in [0.25, 0.3) is 33.0 Å². The molecule has 1 heterocycles. The molecule has 5 aromatic rings. The first-order valence-corrected chi connectivity index (χ1v) is 11.0. The molecular weight excluding hydrogens is 406 g/mol. The lowest BCUT2D eigenvalue weighted by Crippen LogP contribution is -2.20.